The SMILES string of the molecule is Cc1[nH]c(-c2ccc(Cl)cc2Cl)nc1C#N. The van der Waals surface area contributed by atoms with Gasteiger partial charge in [-0.3, -0.25) is 0 Å². The summed E-state index contributed by atoms with van der Waals surface area (Å²) in [6.45, 7) is 1.79. The van der Waals surface area contributed by atoms with Crippen molar-refractivity contribution in [3.8, 4) is 17.5 Å². The number of halogens is 2. The van der Waals surface area contributed by atoms with Gasteiger partial charge in [0.1, 0.15) is 11.9 Å². The minimum Gasteiger partial charge on any atom is -0.341 e. The molecule has 0 fully saturated rings. The minimum absolute atomic E-state index is 0.376. The molecule has 0 aliphatic carbocycles. The molecule has 80 valence electrons. The van der Waals surface area contributed by atoms with E-state index in [1.165, 1.54) is 0 Å². The second-order valence-electron chi connectivity index (χ2n) is 3.29. The first-order chi connectivity index (χ1) is 7.61. The largest absolute Gasteiger partial charge is 0.341 e. The van der Waals surface area contributed by atoms with Crippen molar-refractivity contribution in [2.24, 2.45) is 0 Å². The van der Waals surface area contributed by atoms with Crippen molar-refractivity contribution in [1.29, 1.82) is 5.26 Å². The maximum Gasteiger partial charge on any atom is 0.161 e. The zero-order valence-electron chi connectivity index (χ0n) is 8.38. The van der Waals surface area contributed by atoms with Crippen molar-refractivity contribution >= 4 is 23.2 Å². The van der Waals surface area contributed by atoms with E-state index in [4.69, 9.17) is 28.5 Å². The van der Waals surface area contributed by atoms with Gasteiger partial charge in [-0.25, -0.2) is 4.98 Å². The molecule has 2 aromatic rings. The van der Waals surface area contributed by atoms with Crippen LogP contribution in [0, 0.1) is 18.3 Å². The first-order valence-electron chi connectivity index (χ1n) is 4.54. The van der Waals surface area contributed by atoms with E-state index >= 15 is 0 Å². The van der Waals surface area contributed by atoms with Crippen LogP contribution in [-0.4, -0.2) is 9.97 Å². The molecule has 0 spiro atoms. The lowest BCUT2D eigenvalue weighted by Gasteiger charge is -2.00. The summed E-state index contributed by atoms with van der Waals surface area (Å²) in [7, 11) is 0. The van der Waals surface area contributed by atoms with Gasteiger partial charge in [-0.1, -0.05) is 23.2 Å². The highest BCUT2D eigenvalue weighted by atomic mass is 35.5. The Hall–Kier alpha value is -1.50. The van der Waals surface area contributed by atoms with Gasteiger partial charge in [-0.2, -0.15) is 5.26 Å². The van der Waals surface area contributed by atoms with Crippen LogP contribution in [-0.2, 0) is 0 Å². The summed E-state index contributed by atoms with van der Waals surface area (Å²) in [4.78, 5) is 7.16. The van der Waals surface area contributed by atoms with E-state index in [-0.39, 0.29) is 0 Å². The van der Waals surface area contributed by atoms with Crippen LogP contribution in [0.1, 0.15) is 11.4 Å². The predicted octanol–water partition coefficient (Wildman–Crippen LogP) is 3.56. The molecule has 0 amide bonds. The van der Waals surface area contributed by atoms with Crippen LogP contribution in [0.4, 0.5) is 0 Å². The third kappa shape index (κ3) is 1.90. The molecule has 1 aromatic carbocycles. The van der Waals surface area contributed by atoms with Crippen LogP contribution in [0.2, 0.25) is 10.0 Å². The standard InChI is InChI=1S/C11H7Cl2N3/c1-6-10(5-14)16-11(15-6)8-3-2-7(12)4-9(8)13/h2-4H,1H3,(H,15,16). The van der Waals surface area contributed by atoms with Crippen LogP contribution in [0.3, 0.4) is 0 Å². The fourth-order valence-corrected chi connectivity index (χ4v) is 1.88. The predicted molar refractivity (Wildman–Crippen MR) is 63.5 cm³/mol. The Morgan fingerprint density at radius 1 is 1.38 bits per heavy atom. The Labute approximate surface area is 103 Å². The lowest BCUT2D eigenvalue weighted by molar-refractivity contribution is 1.25. The fourth-order valence-electron chi connectivity index (χ4n) is 1.38. The van der Waals surface area contributed by atoms with Gasteiger partial charge in [0.05, 0.1) is 10.7 Å². The monoisotopic (exact) mass is 251 g/mol. The zero-order valence-corrected chi connectivity index (χ0v) is 9.89. The van der Waals surface area contributed by atoms with Gasteiger partial charge in [0.25, 0.3) is 0 Å². The summed E-state index contributed by atoms with van der Waals surface area (Å²) >= 11 is 11.8. The lowest BCUT2D eigenvalue weighted by Crippen LogP contribution is -1.82. The average molecular weight is 252 g/mol. The smallest absolute Gasteiger partial charge is 0.161 e. The molecule has 1 N–H and O–H groups in total. The Kier molecular flexibility index (Phi) is 2.86. The Morgan fingerprint density at radius 2 is 2.12 bits per heavy atom. The van der Waals surface area contributed by atoms with Crippen LogP contribution >= 0.6 is 23.2 Å². The minimum atomic E-state index is 0.376. The maximum atomic E-state index is 8.81. The number of rotatable bonds is 1. The molecule has 0 aliphatic heterocycles. The topological polar surface area (TPSA) is 52.5 Å². The first kappa shape index (κ1) is 11.0. The highest BCUT2D eigenvalue weighted by Crippen LogP contribution is 2.28. The molecule has 3 nitrogen and oxygen atoms in total. The number of nitrogens with one attached hydrogen (secondary N) is 1. The van der Waals surface area contributed by atoms with Crippen molar-refractivity contribution in [2.45, 2.75) is 6.92 Å². The van der Waals surface area contributed by atoms with Gasteiger partial charge in [-0.05, 0) is 25.1 Å². The van der Waals surface area contributed by atoms with E-state index in [1.54, 1.807) is 25.1 Å². The first-order valence-corrected chi connectivity index (χ1v) is 5.29. The molecule has 0 saturated heterocycles. The summed E-state index contributed by atoms with van der Waals surface area (Å²) in [6.07, 6.45) is 0. The van der Waals surface area contributed by atoms with Crippen LogP contribution in [0.25, 0.3) is 11.4 Å². The molecular formula is C11H7Cl2N3. The van der Waals surface area contributed by atoms with E-state index in [0.29, 0.717) is 21.6 Å². The second kappa shape index (κ2) is 4.17. The van der Waals surface area contributed by atoms with Crippen LogP contribution in [0.15, 0.2) is 18.2 Å². The molecule has 1 heterocycles. The highest BCUT2D eigenvalue weighted by Gasteiger charge is 2.10. The zero-order chi connectivity index (χ0) is 11.7. The molecule has 0 atom stereocenters. The number of aromatic nitrogens is 2. The highest BCUT2D eigenvalue weighted by molar-refractivity contribution is 6.36. The van der Waals surface area contributed by atoms with E-state index < -0.39 is 0 Å². The van der Waals surface area contributed by atoms with Crippen molar-refractivity contribution in [3.63, 3.8) is 0 Å². The number of nitrogens with zero attached hydrogens (tertiary/aromatic N) is 2. The summed E-state index contributed by atoms with van der Waals surface area (Å²) in [5, 5.41) is 9.88. The third-order valence-electron chi connectivity index (χ3n) is 2.18. The molecule has 0 bridgehead atoms. The fraction of sp³-hybridized carbons (Fsp3) is 0.0909. The van der Waals surface area contributed by atoms with Crippen LogP contribution < -0.4 is 0 Å². The van der Waals surface area contributed by atoms with E-state index in [2.05, 4.69) is 9.97 Å². The average Bonchev–Trinajstić information content (AvgIpc) is 2.59. The molecule has 0 unspecified atom stereocenters. The van der Waals surface area contributed by atoms with Gasteiger partial charge in [-0.15, -0.1) is 0 Å². The Balaban J connectivity index is 2.55. The number of H-pyrrole nitrogens is 1. The van der Waals surface area contributed by atoms with Gasteiger partial charge in [0, 0.05) is 10.6 Å². The van der Waals surface area contributed by atoms with Crippen molar-refractivity contribution in [2.75, 3.05) is 0 Å². The maximum absolute atomic E-state index is 8.81. The normalized spacial score (nSPS) is 10.1. The van der Waals surface area contributed by atoms with Gasteiger partial charge in [0.15, 0.2) is 5.69 Å². The number of benzene rings is 1. The molecule has 0 radical (unpaired) electrons. The number of aromatic amines is 1. The number of hydrogen-bond acceptors (Lipinski definition) is 2. The van der Waals surface area contributed by atoms with Gasteiger partial charge in [0.2, 0.25) is 0 Å². The Morgan fingerprint density at radius 3 is 2.69 bits per heavy atom. The number of nitriles is 1. The van der Waals surface area contributed by atoms with Gasteiger partial charge < -0.3 is 4.98 Å². The van der Waals surface area contributed by atoms with Crippen LogP contribution in [0.5, 0.6) is 0 Å². The number of aryl methyl sites for hydroxylation is 1. The van der Waals surface area contributed by atoms with E-state index in [9.17, 15) is 0 Å². The quantitative estimate of drug-likeness (QED) is 0.843. The summed E-state index contributed by atoms with van der Waals surface area (Å²) in [5.74, 6) is 0.579. The van der Waals surface area contributed by atoms with Crippen molar-refractivity contribution in [1.82, 2.24) is 9.97 Å². The molecule has 0 saturated carbocycles. The molecule has 16 heavy (non-hydrogen) atoms. The molecular weight excluding hydrogens is 245 g/mol. The summed E-state index contributed by atoms with van der Waals surface area (Å²) in [5.41, 5.74) is 1.83. The third-order valence-corrected chi connectivity index (χ3v) is 2.72. The van der Waals surface area contributed by atoms with Gasteiger partial charge >= 0.3 is 0 Å². The molecule has 1 aromatic heterocycles. The lowest BCUT2D eigenvalue weighted by atomic mass is 10.2. The van der Waals surface area contributed by atoms with Crippen molar-refractivity contribution in [3.05, 3.63) is 39.6 Å². The Bertz CT molecular complexity index is 581. The summed E-state index contributed by atoms with van der Waals surface area (Å²) in [6, 6.07) is 7.14. The molecule has 2 rings (SSSR count). The summed E-state index contributed by atoms with van der Waals surface area (Å²) < 4.78 is 0. The van der Waals surface area contributed by atoms with E-state index in [0.717, 1.165) is 11.3 Å². The van der Waals surface area contributed by atoms with E-state index in [1.807, 2.05) is 6.07 Å². The second-order valence-corrected chi connectivity index (χ2v) is 4.14. The molecule has 5 heteroatoms. The van der Waals surface area contributed by atoms with Crippen molar-refractivity contribution < 1.29 is 0 Å². The number of imidazole rings is 1. The number of hydrogen-bond donors (Lipinski definition) is 1. The molecule has 0 aliphatic rings.